The smallest absolute Gasteiger partial charge is 0.142 e. The minimum atomic E-state index is -0.268. The van der Waals surface area contributed by atoms with Gasteiger partial charge in [0.25, 0.3) is 0 Å². The fraction of sp³-hybridized carbons (Fsp3) is 0.500. The van der Waals surface area contributed by atoms with Crippen molar-refractivity contribution < 1.29 is 9.13 Å². The van der Waals surface area contributed by atoms with Crippen LogP contribution >= 0.6 is 0 Å². The molecule has 1 aromatic rings. The van der Waals surface area contributed by atoms with Crippen LogP contribution in [-0.2, 0) is 0 Å². The normalized spacial score (nSPS) is 12.2. The standard InChI is InChI=1S/C12H19FN2O/c1-9(8-14)5-6-15-11-7-10(13)3-4-12(11)16-2/h3-4,7,9,15H,5-6,8,14H2,1-2H3. The van der Waals surface area contributed by atoms with Crippen LogP contribution in [-0.4, -0.2) is 20.2 Å². The summed E-state index contributed by atoms with van der Waals surface area (Å²) in [6, 6.07) is 4.43. The maximum Gasteiger partial charge on any atom is 0.142 e. The Morgan fingerprint density at radius 1 is 1.50 bits per heavy atom. The van der Waals surface area contributed by atoms with E-state index in [4.69, 9.17) is 10.5 Å². The third-order valence-corrected chi connectivity index (χ3v) is 2.52. The van der Waals surface area contributed by atoms with E-state index in [2.05, 4.69) is 12.2 Å². The van der Waals surface area contributed by atoms with E-state index in [-0.39, 0.29) is 5.82 Å². The topological polar surface area (TPSA) is 47.3 Å². The second-order valence-corrected chi connectivity index (χ2v) is 3.90. The monoisotopic (exact) mass is 226 g/mol. The number of nitrogens with one attached hydrogen (secondary N) is 1. The molecule has 1 rings (SSSR count). The van der Waals surface area contributed by atoms with E-state index in [9.17, 15) is 4.39 Å². The van der Waals surface area contributed by atoms with Crippen LogP contribution in [0.5, 0.6) is 5.75 Å². The van der Waals surface area contributed by atoms with Crippen molar-refractivity contribution in [1.29, 1.82) is 0 Å². The molecule has 3 nitrogen and oxygen atoms in total. The van der Waals surface area contributed by atoms with Gasteiger partial charge in [0, 0.05) is 12.6 Å². The summed E-state index contributed by atoms with van der Waals surface area (Å²) in [4.78, 5) is 0. The average Bonchev–Trinajstić information content (AvgIpc) is 2.29. The van der Waals surface area contributed by atoms with Crippen LogP contribution in [0, 0.1) is 11.7 Å². The van der Waals surface area contributed by atoms with Gasteiger partial charge in [0.05, 0.1) is 12.8 Å². The highest BCUT2D eigenvalue weighted by Crippen LogP contribution is 2.24. The molecule has 0 aromatic heterocycles. The highest BCUT2D eigenvalue weighted by molar-refractivity contribution is 5.56. The second-order valence-electron chi connectivity index (χ2n) is 3.90. The third-order valence-electron chi connectivity index (χ3n) is 2.52. The second kappa shape index (κ2) is 6.33. The number of rotatable bonds is 6. The summed E-state index contributed by atoms with van der Waals surface area (Å²) in [5, 5.41) is 3.15. The Labute approximate surface area is 95.8 Å². The van der Waals surface area contributed by atoms with Crippen LogP contribution in [0.25, 0.3) is 0 Å². The van der Waals surface area contributed by atoms with Crippen LogP contribution < -0.4 is 15.8 Å². The van der Waals surface area contributed by atoms with Crippen LogP contribution in [0.1, 0.15) is 13.3 Å². The summed E-state index contributed by atoms with van der Waals surface area (Å²) in [5.41, 5.74) is 6.21. The number of nitrogens with two attached hydrogens (primary N) is 1. The summed E-state index contributed by atoms with van der Waals surface area (Å²) in [5.74, 6) is 0.851. The van der Waals surface area contributed by atoms with Gasteiger partial charge in [0.15, 0.2) is 0 Å². The number of anilines is 1. The van der Waals surface area contributed by atoms with Gasteiger partial charge in [0.1, 0.15) is 11.6 Å². The van der Waals surface area contributed by atoms with Gasteiger partial charge in [-0.3, -0.25) is 0 Å². The lowest BCUT2D eigenvalue weighted by Crippen LogP contribution is -2.15. The Morgan fingerprint density at radius 2 is 2.25 bits per heavy atom. The van der Waals surface area contributed by atoms with Gasteiger partial charge in [-0.2, -0.15) is 0 Å². The lowest BCUT2D eigenvalue weighted by molar-refractivity contribution is 0.415. The maximum absolute atomic E-state index is 13.0. The number of ether oxygens (including phenoxy) is 1. The summed E-state index contributed by atoms with van der Waals surface area (Å²) in [6.07, 6.45) is 0.955. The van der Waals surface area contributed by atoms with Crippen molar-refractivity contribution in [2.24, 2.45) is 11.7 Å². The molecule has 3 N–H and O–H groups in total. The number of hydrogen-bond donors (Lipinski definition) is 2. The van der Waals surface area contributed by atoms with Crippen molar-refractivity contribution in [2.45, 2.75) is 13.3 Å². The molecule has 0 aliphatic carbocycles. The highest BCUT2D eigenvalue weighted by Gasteiger charge is 2.04. The van der Waals surface area contributed by atoms with E-state index in [1.807, 2.05) is 0 Å². The lowest BCUT2D eigenvalue weighted by Gasteiger charge is -2.13. The van der Waals surface area contributed by atoms with Crippen molar-refractivity contribution in [3.8, 4) is 5.75 Å². The summed E-state index contributed by atoms with van der Waals surface area (Å²) in [6.45, 7) is 3.52. The zero-order chi connectivity index (χ0) is 12.0. The van der Waals surface area contributed by atoms with Crippen LogP contribution in [0.3, 0.4) is 0 Å². The Hall–Kier alpha value is -1.29. The molecule has 0 aliphatic rings. The fourth-order valence-corrected chi connectivity index (χ4v) is 1.39. The molecule has 90 valence electrons. The molecule has 0 saturated heterocycles. The van der Waals surface area contributed by atoms with Gasteiger partial charge in [-0.1, -0.05) is 6.92 Å². The molecule has 16 heavy (non-hydrogen) atoms. The Bertz CT molecular complexity index is 331. The minimum Gasteiger partial charge on any atom is -0.495 e. The molecule has 4 heteroatoms. The van der Waals surface area contributed by atoms with Gasteiger partial charge in [-0.05, 0) is 31.0 Å². The largest absolute Gasteiger partial charge is 0.495 e. The average molecular weight is 226 g/mol. The van der Waals surface area contributed by atoms with E-state index < -0.39 is 0 Å². The van der Waals surface area contributed by atoms with E-state index in [0.717, 1.165) is 13.0 Å². The Kier molecular flexibility index (Phi) is 5.05. The van der Waals surface area contributed by atoms with Gasteiger partial charge >= 0.3 is 0 Å². The maximum atomic E-state index is 13.0. The predicted molar refractivity (Wildman–Crippen MR) is 64.3 cm³/mol. The van der Waals surface area contributed by atoms with Crippen LogP contribution in [0.2, 0.25) is 0 Å². The predicted octanol–water partition coefficient (Wildman–Crippen LogP) is 2.23. The Balaban J connectivity index is 2.55. The molecule has 0 saturated carbocycles. The molecule has 0 aliphatic heterocycles. The summed E-state index contributed by atoms with van der Waals surface area (Å²) < 4.78 is 18.2. The molecular weight excluding hydrogens is 207 g/mol. The molecule has 0 heterocycles. The number of methoxy groups -OCH3 is 1. The van der Waals surface area contributed by atoms with E-state index in [0.29, 0.717) is 23.9 Å². The van der Waals surface area contributed by atoms with Crippen molar-refractivity contribution in [3.63, 3.8) is 0 Å². The van der Waals surface area contributed by atoms with Crippen molar-refractivity contribution in [2.75, 3.05) is 25.5 Å². The first-order valence-electron chi connectivity index (χ1n) is 5.45. The number of halogens is 1. The van der Waals surface area contributed by atoms with E-state index in [1.165, 1.54) is 12.1 Å². The van der Waals surface area contributed by atoms with E-state index in [1.54, 1.807) is 13.2 Å². The quantitative estimate of drug-likeness (QED) is 0.782. The first-order chi connectivity index (χ1) is 7.67. The molecule has 0 fully saturated rings. The van der Waals surface area contributed by atoms with Crippen LogP contribution in [0.15, 0.2) is 18.2 Å². The zero-order valence-electron chi connectivity index (χ0n) is 9.79. The Morgan fingerprint density at radius 3 is 2.88 bits per heavy atom. The summed E-state index contributed by atoms with van der Waals surface area (Å²) >= 11 is 0. The first kappa shape index (κ1) is 12.8. The van der Waals surface area contributed by atoms with Gasteiger partial charge in [-0.25, -0.2) is 4.39 Å². The molecule has 1 atom stereocenters. The molecular formula is C12H19FN2O. The van der Waals surface area contributed by atoms with E-state index >= 15 is 0 Å². The minimum absolute atomic E-state index is 0.268. The lowest BCUT2D eigenvalue weighted by atomic mass is 10.1. The fourth-order valence-electron chi connectivity index (χ4n) is 1.39. The summed E-state index contributed by atoms with van der Waals surface area (Å²) in [7, 11) is 1.57. The van der Waals surface area contributed by atoms with Gasteiger partial charge in [0.2, 0.25) is 0 Å². The first-order valence-corrected chi connectivity index (χ1v) is 5.45. The third kappa shape index (κ3) is 3.70. The number of benzene rings is 1. The van der Waals surface area contributed by atoms with Gasteiger partial charge in [-0.15, -0.1) is 0 Å². The van der Waals surface area contributed by atoms with Crippen molar-refractivity contribution in [3.05, 3.63) is 24.0 Å². The van der Waals surface area contributed by atoms with Crippen molar-refractivity contribution in [1.82, 2.24) is 0 Å². The molecule has 0 amide bonds. The molecule has 0 spiro atoms. The SMILES string of the molecule is COc1ccc(F)cc1NCCC(C)CN. The van der Waals surface area contributed by atoms with Crippen molar-refractivity contribution >= 4 is 5.69 Å². The number of hydrogen-bond acceptors (Lipinski definition) is 3. The molecule has 0 bridgehead atoms. The zero-order valence-corrected chi connectivity index (χ0v) is 9.79. The molecule has 1 unspecified atom stereocenters. The van der Waals surface area contributed by atoms with Crippen LogP contribution in [0.4, 0.5) is 10.1 Å². The molecule has 1 aromatic carbocycles. The molecule has 0 radical (unpaired) electrons. The highest BCUT2D eigenvalue weighted by atomic mass is 19.1. The van der Waals surface area contributed by atoms with Gasteiger partial charge < -0.3 is 15.8 Å².